The van der Waals surface area contributed by atoms with Crippen LogP contribution in [0.2, 0.25) is 0 Å². The summed E-state index contributed by atoms with van der Waals surface area (Å²) in [6, 6.07) is 2.19. The molecule has 1 aliphatic carbocycles. The first kappa shape index (κ1) is 13.6. The van der Waals surface area contributed by atoms with Crippen LogP contribution in [0.5, 0.6) is 0 Å². The minimum absolute atomic E-state index is 0.0257. The second kappa shape index (κ2) is 5.89. The van der Waals surface area contributed by atoms with Crippen LogP contribution in [-0.4, -0.2) is 39.7 Å². The Balaban J connectivity index is 2.20. The third-order valence-corrected chi connectivity index (χ3v) is 3.57. The molecule has 2 rings (SSSR count). The monoisotopic (exact) mass is 314 g/mol. The van der Waals surface area contributed by atoms with E-state index in [2.05, 4.69) is 22.9 Å². The molecule has 1 N–H and O–H groups in total. The number of halogens is 1. The van der Waals surface area contributed by atoms with Gasteiger partial charge in [-0.1, -0.05) is 6.92 Å². The van der Waals surface area contributed by atoms with Gasteiger partial charge in [0.25, 0.3) is 5.91 Å². The zero-order chi connectivity index (χ0) is 13.1. The highest BCUT2D eigenvalue weighted by molar-refractivity contribution is 9.10. The lowest BCUT2D eigenvalue weighted by molar-refractivity contribution is 0.0696. The van der Waals surface area contributed by atoms with Crippen molar-refractivity contribution >= 4 is 21.8 Å². The molecule has 18 heavy (non-hydrogen) atoms. The average Bonchev–Trinajstić information content (AvgIpc) is 3.10. The lowest BCUT2D eigenvalue weighted by atomic mass is 10.3. The maximum atomic E-state index is 12.5. The highest BCUT2D eigenvalue weighted by Gasteiger charge is 2.33. The molecule has 1 fully saturated rings. The SMILES string of the molecule is CCCn1cc(Br)cc1C(=O)N(CCO)C1CC1. The summed E-state index contributed by atoms with van der Waals surface area (Å²) in [7, 11) is 0. The number of aliphatic hydroxyl groups is 1. The Hall–Kier alpha value is -0.810. The van der Waals surface area contributed by atoms with Gasteiger partial charge in [-0.25, -0.2) is 0 Å². The van der Waals surface area contributed by atoms with Gasteiger partial charge >= 0.3 is 0 Å². The number of hydrogen-bond donors (Lipinski definition) is 1. The number of aromatic nitrogens is 1. The molecule has 0 spiro atoms. The molecule has 1 aromatic heterocycles. The van der Waals surface area contributed by atoms with Crippen molar-refractivity contribution in [3.63, 3.8) is 0 Å². The van der Waals surface area contributed by atoms with Crippen molar-refractivity contribution in [3.8, 4) is 0 Å². The molecule has 1 amide bonds. The fourth-order valence-electron chi connectivity index (χ4n) is 2.17. The molecule has 5 heteroatoms. The molecule has 1 aliphatic rings. The van der Waals surface area contributed by atoms with Crippen LogP contribution in [0.25, 0.3) is 0 Å². The van der Waals surface area contributed by atoms with Crippen LogP contribution in [0, 0.1) is 0 Å². The summed E-state index contributed by atoms with van der Waals surface area (Å²) in [5.41, 5.74) is 0.712. The number of aryl methyl sites for hydroxylation is 1. The van der Waals surface area contributed by atoms with E-state index in [0.29, 0.717) is 18.3 Å². The van der Waals surface area contributed by atoms with Gasteiger partial charge in [-0.3, -0.25) is 4.79 Å². The molecule has 100 valence electrons. The Bertz CT molecular complexity index is 427. The van der Waals surface area contributed by atoms with Gasteiger partial charge in [0.15, 0.2) is 0 Å². The van der Waals surface area contributed by atoms with E-state index in [1.54, 1.807) is 4.90 Å². The lowest BCUT2D eigenvalue weighted by Gasteiger charge is -2.22. The Labute approximate surface area is 116 Å². The van der Waals surface area contributed by atoms with Gasteiger partial charge in [0.1, 0.15) is 5.69 Å². The minimum Gasteiger partial charge on any atom is -0.395 e. The van der Waals surface area contributed by atoms with Crippen LogP contribution >= 0.6 is 15.9 Å². The van der Waals surface area contributed by atoms with Crippen LogP contribution in [0.1, 0.15) is 36.7 Å². The molecule has 0 saturated heterocycles. The Morgan fingerprint density at radius 1 is 1.61 bits per heavy atom. The van der Waals surface area contributed by atoms with Gasteiger partial charge < -0.3 is 14.6 Å². The summed E-state index contributed by atoms with van der Waals surface area (Å²) in [5, 5.41) is 9.08. The number of aliphatic hydroxyl groups excluding tert-OH is 1. The first-order valence-electron chi connectivity index (χ1n) is 6.45. The normalized spacial score (nSPS) is 14.8. The van der Waals surface area contributed by atoms with E-state index in [0.717, 1.165) is 30.3 Å². The smallest absolute Gasteiger partial charge is 0.270 e. The molecular weight excluding hydrogens is 296 g/mol. The van der Waals surface area contributed by atoms with Gasteiger partial charge in [-0.05, 0) is 41.3 Å². The summed E-state index contributed by atoms with van der Waals surface area (Å²) in [6.07, 6.45) is 5.05. The van der Waals surface area contributed by atoms with Crippen molar-refractivity contribution in [1.29, 1.82) is 0 Å². The van der Waals surface area contributed by atoms with Crippen LogP contribution in [-0.2, 0) is 6.54 Å². The molecule has 0 aliphatic heterocycles. The van der Waals surface area contributed by atoms with E-state index in [1.807, 2.05) is 16.8 Å². The summed E-state index contributed by atoms with van der Waals surface area (Å²) in [5.74, 6) is 0.0331. The highest BCUT2D eigenvalue weighted by Crippen LogP contribution is 2.28. The molecule has 0 aromatic carbocycles. The van der Waals surface area contributed by atoms with Crippen molar-refractivity contribution in [2.75, 3.05) is 13.2 Å². The predicted octanol–water partition coefficient (Wildman–Crippen LogP) is 2.26. The van der Waals surface area contributed by atoms with Crippen LogP contribution in [0.4, 0.5) is 0 Å². The summed E-state index contributed by atoms with van der Waals surface area (Å²) in [6.45, 7) is 3.38. The zero-order valence-electron chi connectivity index (χ0n) is 10.6. The van der Waals surface area contributed by atoms with E-state index in [-0.39, 0.29) is 12.5 Å². The first-order valence-corrected chi connectivity index (χ1v) is 7.24. The highest BCUT2D eigenvalue weighted by atomic mass is 79.9. The van der Waals surface area contributed by atoms with E-state index in [1.165, 1.54) is 0 Å². The zero-order valence-corrected chi connectivity index (χ0v) is 12.2. The van der Waals surface area contributed by atoms with Crippen molar-refractivity contribution in [3.05, 3.63) is 22.4 Å². The molecule has 0 bridgehead atoms. The second-order valence-electron chi connectivity index (χ2n) is 4.69. The third kappa shape index (κ3) is 2.95. The maximum Gasteiger partial charge on any atom is 0.270 e. The molecule has 0 atom stereocenters. The van der Waals surface area contributed by atoms with Gasteiger partial charge in [0.2, 0.25) is 0 Å². The fraction of sp³-hybridized carbons (Fsp3) is 0.615. The number of rotatable bonds is 6. The largest absolute Gasteiger partial charge is 0.395 e. The molecule has 0 unspecified atom stereocenters. The van der Waals surface area contributed by atoms with E-state index in [9.17, 15) is 4.79 Å². The van der Waals surface area contributed by atoms with Gasteiger partial charge in [0.05, 0.1) is 6.61 Å². The van der Waals surface area contributed by atoms with Crippen LogP contribution in [0.3, 0.4) is 0 Å². The quantitative estimate of drug-likeness (QED) is 0.875. The number of amides is 1. The Morgan fingerprint density at radius 3 is 2.89 bits per heavy atom. The molecule has 1 saturated carbocycles. The second-order valence-corrected chi connectivity index (χ2v) is 5.61. The molecule has 1 aromatic rings. The average molecular weight is 315 g/mol. The number of hydrogen-bond acceptors (Lipinski definition) is 2. The standard InChI is InChI=1S/C13H19BrN2O2/c1-2-5-15-9-10(14)8-12(15)13(18)16(6-7-17)11-3-4-11/h8-9,11,17H,2-7H2,1H3. The summed E-state index contributed by atoms with van der Waals surface area (Å²) in [4.78, 5) is 14.3. The predicted molar refractivity (Wildman–Crippen MR) is 73.6 cm³/mol. The van der Waals surface area contributed by atoms with E-state index >= 15 is 0 Å². The maximum absolute atomic E-state index is 12.5. The van der Waals surface area contributed by atoms with Gasteiger partial charge in [-0.15, -0.1) is 0 Å². The number of carbonyl (C=O) groups excluding carboxylic acids is 1. The lowest BCUT2D eigenvalue weighted by Crippen LogP contribution is -2.36. The minimum atomic E-state index is 0.0257. The Kier molecular flexibility index (Phi) is 4.45. The van der Waals surface area contributed by atoms with Gasteiger partial charge in [-0.2, -0.15) is 0 Å². The van der Waals surface area contributed by atoms with Crippen molar-refractivity contribution in [2.24, 2.45) is 0 Å². The Morgan fingerprint density at radius 2 is 2.33 bits per heavy atom. The van der Waals surface area contributed by atoms with Crippen LogP contribution in [0.15, 0.2) is 16.7 Å². The van der Waals surface area contributed by atoms with E-state index in [4.69, 9.17) is 5.11 Å². The molecule has 4 nitrogen and oxygen atoms in total. The summed E-state index contributed by atoms with van der Waals surface area (Å²) < 4.78 is 2.91. The molecule has 0 radical (unpaired) electrons. The topological polar surface area (TPSA) is 45.5 Å². The van der Waals surface area contributed by atoms with Crippen molar-refractivity contribution in [2.45, 2.75) is 38.8 Å². The molecule has 1 heterocycles. The number of nitrogens with zero attached hydrogens (tertiary/aromatic N) is 2. The third-order valence-electron chi connectivity index (χ3n) is 3.14. The number of carbonyl (C=O) groups is 1. The van der Waals surface area contributed by atoms with Gasteiger partial charge in [0, 0.05) is 29.8 Å². The first-order chi connectivity index (χ1) is 8.67. The fourth-order valence-corrected chi connectivity index (χ4v) is 2.63. The van der Waals surface area contributed by atoms with Crippen molar-refractivity contribution < 1.29 is 9.90 Å². The van der Waals surface area contributed by atoms with Crippen molar-refractivity contribution in [1.82, 2.24) is 9.47 Å². The molecular formula is C13H19BrN2O2. The summed E-state index contributed by atoms with van der Waals surface area (Å²) >= 11 is 3.42. The van der Waals surface area contributed by atoms with E-state index < -0.39 is 0 Å². The van der Waals surface area contributed by atoms with Crippen LogP contribution < -0.4 is 0 Å².